The van der Waals surface area contributed by atoms with Gasteiger partial charge in [0.05, 0.1) is 12.3 Å². The molecule has 0 unspecified atom stereocenters. The average Bonchev–Trinajstić information content (AvgIpc) is 2.43. The molecule has 0 atom stereocenters. The zero-order valence-corrected chi connectivity index (χ0v) is 12.3. The number of nitrogens with two attached hydrogens (primary N) is 1. The van der Waals surface area contributed by atoms with Gasteiger partial charge < -0.3 is 15.4 Å². The van der Waals surface area contributed by atoms with E-state index in [0.29, 0.717) is 29.9 Å². The van der Waals surface area contributed by atoms with Crippen molar-refractivity contribution in [2.24, 2.45) is 5.92 Å². The Bertz CT molecular complexity index is 475. The molecule has 0 aliphatic carbocycles. The first kappa shape index (κ1) is 14.8. The molecular weight excluding hydrogens is 280 g/mol. The first-order chi connectivity index (χ1) is 9.60. The molecule has 1 aromatic rings. The Labute approximate surface area is 123 Å². The molecule has 0 amide bonds. The lowest BCUT2D eigenvalue weighted by Crippen LogP contribution is -2.35. The summed E-state index contributed by atoms with van der Waals surface area (Å²) < 4.78 is 4.98. The van der Waals surface area contributed by atoms with Crippen LogP contribution in [0.2, 0.25) is 5.15 Å². The maximum Gasteiger partial charge on any atom is 0.306 e. The predicted octanol–water partition coefficient (Wildman–Crippen LogP) is 1.88. The lowest BCUT2D eigenvalue weighted by molar-refractivity contribution is -0.144. The predicted molar refractivity (Wildman–Crippen MR) is 77.6 cm³/mol. The van der Waals surface area contributed by atoms with Crippen LogP contribution >= 0.6 is 11.6 Å². The molecule has 2 N–H and O–H groups in total. The second-order valence-corrected chi connectivity index (χ2v) is 5.26. The summed E-state index contributed by atoms with van der Waals surface area (Å²) in [5, 5.41) is 7.87. The fourth-order valence-electron chi connectivity index (χ4n) is 2.46. The maximum atomic E-state index is 11.5. The zero-order chi connectivity index (χ0) is 14.5. The van der Waals surface area contributed by atoms with Gasteiger partial charge in [0.15, 0.2) is 11.0 Å². The number of aromatic nitrogens is 2. The van der Waals surface area contributed by atoms with Crippen LogP contribution in [0.4, 0.5) is 11.5 Å². The van der Waals surface area contributed by atoms with E-state index in [4.69, 9.17) is 22.1 Å². The number of nitrogen functional groups attached to an aromatic ring is 1. The number of anilines is 2. The van der Waals surface area contributed by atoms with Gasteiger partial charge >= 0.3 is 5.97 Å². The molecule has 110 valence electrons. The number of carbonyl (C=O) groups excluding carboxylic acids is 1. The van der Waals surface area contributed by atoms with Gasteiger partial charge in [0, 0.05) is 25.6 Å². The number of nitrogens with zero attached hydrogens (tertiary/aromatic N) is 3. The van der Waals surface area contributed by atoms with Crippen molar-refractivity contribution in [2.45, 2.75) is 26.2 Å². The molecule has 1 saturated heterocycles. The maximum absolute atomic E-state index is 11.5. The van der Waals surface area contributed by atoms with Crippen LogP contribution in [0.25, 0.3) is 0 Å². The summed E-state index contributed by atoms with van der Waals surface area (Å²) in [5.74, 6) is 0.647. The summed E-state index contributed by atoms with van der Waals surface area (Å²) in [7, 11) is 0. The molecule has 6 nitrogen and oxygen atoms in total. The van der Waals surface area contributed by atoms with E-state index < -0.39 is 0 Å². The van der Waals surface area contributed by atoms with Gasteiger partial charge in [-0.25, -0.2) is 0 Å². The summed E-state index contributed by atoms with van der Waals surface area (Å²) in [6.07, 6.45) is 2.35. The zero-order valence-electron chi connectivity index (χ0n) is 11.5. The van der Waals surface area contributed by atoms with E-state index >= 15 is 0 Å². The number of ether oxygens (including phenoxy) is 1. The Morgan fingerprint density at radius 2 is 2.20 bits per heavy atom. The van der Waals surface area contributed by atoms with E-state index in [1.54, 1.807) is 6.07 Å². The smallest absolute Gasteiger partial charge is 0.306 e. The molecule has 0 radical (unpaired) electrons. The van der Waals surface area contributed by atoms with Gasteiger partial charge in [-0.2, -0.15) is 0 Å². The lowest BCUT2D eigenvalue weighted by atomic mass is 9.93. The van der Waals surface area contributed by atoms with Gasteiger partial charge in [0.2, 0.25) is 0 Å². The van der Waals surface area contributed by atoms with Crippen LogP contribution in [0.15, 0.2) is 6.07 Å². The Hall–Kier alpha value is -1.56. The molecule has 7 heteroatoms. The third-order valence-electron chi connectivity index (χ3n) is 3.49. The number of halogens is 1. The van der Waals surface area contributed by atoms with E-state index in [1.165, 1.54) is 0 Å². The Kier molecular flexibility index (Phi) is 5.00. The minimum atomic E-state index is -0.112. The third-order valence-corrected chi connectivity index (χ3v) is 3.67. The van der Waals surface area contributed by atoms with Crippen molar-refractivity contribution in [3.8, 4) is 0 Å². The van der Waals surface area contributed by atoms with Gasteiger partial charge in [-0.15, -0.1) is 10.2 Å². The van der Waals surface area contributed by atoms with Crippen LogP contribution in [0.1, 0.15) is 26.2 Å². The van der Waals surface area contributed by atoms with Crippen LogP contribution in [0.5, 0.6) is 0 Å². The quantitative estimate of drug-likeness (QED) is 0.855. The van der Waals surface area contributed by atoms with Gasteiger partial charge in [-0.05, 0) is 25.7 Å². The van der Waals surface area contributed by atoms with Crippen LogP contribution in [0, 0.1) is 5.92 Å². The van der Waals surface area contributed by atoms with Crippen LogP contribution in [-0.4, -0.2) is 35.9 Å². The average molecular weight is 299 g/mol. The Balaban J connectivity index is 1.91. The highest BCUT2D eigenvalue weighted by Gasteiger charge is 2.23. The van der Waals surface area contributed by atoms with Crippen molar-refractivity contribution in [1.29, 1.82) is 0 Å². The standard InChI is InChI=1S/C13H19ClN4O2/c1-2-20-12(19)7-9-3-5-18(6-4-9)10-8-11(14)16-17-13(10)15/h8-9H,2-7H2,1H3,(H2,15,17). The topological polar surface area (TPSA) is 81.3 Å². The molecule has 1 aromatic heterocycles. The van der Waals surface area contributed by atoms with Crippen molar-refractivity contribution in [3.63, 3.8) is 0 Å². The molecule has 1 aliphatic rings. The monoisotopic (exact) mass is 298 g/mol. The Morgan fingerprint density at radius 3 is 2.85 bits per heavy atom. The first-order valence-electron chi connectivity index (χ1n) is 6.79. The van der Waals surface area contributed by atoms with Crippen molar-refractivity contribution < 1.29 is 9.53 Å². The normalized spacial score (nSPS) is 16.2. The number of piperidine rings is 1. The lowest BCUT2D eigenvalue weighted by Gasteiger charge is -2.33. The third kappa shape index (κ3) is 3.72. The highest BCUT2D eigenvalue weighted by Crippen LogP contribution is 2.29. The summed E-state index contributed by atoms with van der Waals surface area (Å²) in [6.45, 7) is 3.92. The van der Waals surface area contributed by atoms with E-state index in [1.807, 2.05) is 6.92 Å². The van der Waals surface area contributed by atoms with Crippen molar-refractivity contribution in [3.05, 3.63) is 11.2 Å². The number of hydrogen-bond acceptors (Lipinski definition) is 6. The fraction of sp³-hybridized carbons (Fsp3) is 0.615. The molecule has 2 heterocycles. The molecule has 0 bridgehead atoms. The Morgan fingerprint density at radius 1 is 1.50 bits per heavy atom. The van der Waals surface area contributed by atoms with E-state index in [-0.39, 0.29) is 5.97 Å². The highest BCUT2D eigenvalue weighted by molar-refractivity contribution is 6.29. The fourth-order valence-corrected chi connectivity index (χ4v) is 2.60. The molecule has 0 spiro atoms. The van der Waals surface area contributed by atoms with E-state index in [2.05, 4.69) is 15.1 Å². The largest absolute Gasteiger partial charge is 0.466 e. The van der Waals surface area contributed by atoms with Crippen molar-refractivity contribution in [1.82, 2.24) is 10.2 Å². The van der Waals surface area contributed by atoms with E-state index in [0.717, 1.165) is 31.6 Å². The van der Waals surface area contributed by atoms with Gasteiger partial charge in [0.25, 0.3) is 0 Å². The minimum Gasteiger partial charge on any atom is -0.466 e. The SMILES string of the molecule is CCOC(=O)CC1CCN(c2cc(Cl)nnc2N)CC1. The summed E-state index contributed by atoms with van der Waals surface area (Å²) in [6, 6.07) is 1.73. The summed E-state index contributed by atoms with van der Waals surface area (Å²) in [5.41, 5.74) is 6.65. The van der Waals surface area contributed by atoms with Crippen LogP contribution < -0.4 is 10.6 Å². The molecule has 0 aromatic carbocycles. The number of hydrogen-bond donors (Lipinski definition) is 1. The molecule has 2 rings (SSSR count). The molecule has 1 aliphatic heterocycles. The molecule has 20 heavy (non-hydrogen) atoms. The first-order valence-corrected chi connectivity index (χ1v) is 7.17. The summed E-state index contributed by atoms with van der Waals surface area (Å²) in [4.78, 5) is 13.6. The van der Waals surface area contributed by atoms with Crippen LogP contribution in [-0.2, 0) is 9.53 Å². The van der Waals surface area contributed by atoms with Gasteiger partial charge in [-0.1, -0.05) is 11.6 Å². The number of carbonyl (C=O) groups is 1. The van der Waals surface area contributed by atoms with Crippen molar-refractivity contribution >= 4 is 29.1 Å². The highest BCUT2D eigenvalue weighted by atomic mass is 35.5. The minimum absolute atomic E-state index is 0.112. The number of rotatable bonds is 4. The summed E-state index contributed by atoms with van der Waals surface area (Å²) >= 11 is 5.85. The molecule has 0 saturated carbocycles. The second-order valence-electron chi connectivity index (χ2n) is 4.88. The molecule has 1 fully saturated rings. The molecular formula is C13H19ClN4O2. The van der Waals surface area contributed by atoms with Gasteiger partial charge in [-0.3, -0.25) is 4.79 Å². The second kappa shape index (κ2) is 6.74. The van der Waals surface area contributed by atoms with Gasteiger partial charge in [0.1, 0.15) is 0 Å². The number of esters is 1. The van der Waals surface area contributed by atoms with E-state index in [9.17, 15) is 4.79 Å². The van der Waals surface area contributed by atoms with Crippen molar-refractivity contribution in [2.75, 3.05) is 30.3 Å². The van der Waals surface area contributed by atoms with Crippen LogP contribution in [0.3, 0.4) is 0 Å².